The van der Waals surface area contributed by atoms with Gasteiger partial charge in [-0.15, -0.1) is 0 Å². The summed E-state index contributed by atoms with van der Waals surface area (Å²) in [4.78, 5) is 17.3. The van der Waals surface area contributed by atoms with Gasteiger partial charge in [-0.1, -0.05) is 48.5 Å². The van der Waals surface area contributed by atoms with E-state index in [4.69, 9.17) is 10.3 Å². The maximum absolute atomic E-state index is 11.7. The summed E-state index contributed by atoms with van der Waals surface area (Å²) in [6.45, 7) is 1.48. The van der Waals surface area contributed by atoms with Gasteiger partial charge < -0.3 is 4.98 Å². The molecule has 1 unspecified atom stereocenters. The van der Waals surface area contributed by atoms with Crippen LogP contribution in [0.4, 0.5) is 0 Å². The predicted molar refractivity (Wildman–Crippen MR) is 147 cm³/mol. The zero-order chi connectivity index (χ0) is 26.7. The van der Waals surface area contributed by atoms with Gasteiger partial charge in [-0.2, -0.15) is 0 Å². The summed E-state index contributed by atoms with van der Waals surface area (Å²) in [6.07, 6.45) is 7.80. The third-order valence-corrected chi connectivity index (χ3v) is 8.10. The Morgan fingerprint density at radius 2 is 1.92 bits per heavy atom. The number of aromatic amines is 1. The highest BCUT2D eigenvalue weighted by Crippen LogP contribution is 2.37. The van der Waals surface area contributed by atoms with Gasteiger partial charge in [0.05, 0.1) is 4.90 Å². The van der Waals surface area contributed by atoms with Crippen LogP contribution in [0.15, 0.2) is 83.9 Å². The van der Waals surface area contributed by atoms with Crippen LogP contribution in [0.3, 0.4) is 0 Å². The molecule has 8 nitrogen and oxygen atoms in total. The molecule has 5 rings (SSSR count). The molecule has 5 N–H and O–H groups in total. The zero-order valence-electron chi connectivity index (χ0n) is 20.8. The first-order valence-corrected chi connectivity index (χ1v) is 14.0. The molecule has 38 heavy (non-hydrogen) atoms. The lowest BCUT2D eigenvalue weighted by Crippen LogP contribution is -2.29. The molecule has 0 fully saturated rings. The molecule has 9 heteroatoms. The molecule has 1 aliphatic rings. The van der Waals surface area contributed by atoms with Gasteiger partial charge in [-0.3, -0.25) is 14.9 Å². The van der Waals surface area contributed by atoms with E-state index in [2.05, 4.69) is 40.3 Å². The Balaban J connectivity index is 1.41. The van der Waals surface area contributed by atoms with E-state index in [-0.39, 0.29) is 10.9 Å². The van der Waals surface area contributed by atoms with Crippen molar-refractivity contribution >= 4 is 32.9 Å². The summed E-state index contributed by atoms with van der Waals surface area (Å²) < 4.78 is 23.4. The number of aromatic nitrogens is 1. The zero-order valence-corrected chi connectivity index (χ0v) is 21.6. The lowest BCUT2D eigenvalue weighted by molar-refractivity contribution is -0.124. The number of para-hydroxylation sites is 1. The summed E-state index contributed by atoms with van der Waals surface area (Å²) in [5.41, 5.74) is 8.40. The van der Waals surface area contributed by atoms with Crippen molar-refractivity contribution in [2.24, 2.45) is 5.14 Å². The van der Waals surface area contributed by atoms with Crippen LogP contribution >= 0.6 is 0 Å². The minimum absolute atomic E-state index is 0.105. The van der Waals surface area contributed by atoms with Crippen LogP contribution in [0.25, 0.3) is 17.0 Å². The minimum Gasteiger partial charge on any atom is -0.361 e. The number of benzene rings is 3. The molecule has 196 valence electrons. The Morgan fingerprint density at radius 3 is 2.68 bits per heavy atom. The molecule has 1 heterocycles. The number of sulfonamides is 1. The van der Waals surface area contributed by atoms with Gasteiger partial charge in [-0.25, -0.2) is 19.0 Å². The molecule has 0 bridgehead atoms. The molecule has 0 saturated carbocycles. The lowest BCUT2D eigenvalue weighted by atomic mass is 10.0. The van der Waals surface area contributed by atoms with E-state index in [9.17, 15) is 13.2 Å². The second kappa shape index (κ2) is 10.9. The second-order valence-electron chi connectivity index (χ2n) is 9.59. The van der Waals surface area contributed by atoms with Crippen molar-refractivity contribution in [1.29, 1.82) is 0 Å². The third-order valence-electron chi connectivity index (χ3n) is 7.17. The Bertz CT molecular complexity index is 1590. The number of nitrogens with two attached hydrogens (primary N) is 1. The van der Waals surface area contributed by atoms with Crippen molar-refractivity contribution in [2.75, 3.05) is 6.54 Å². The number of hydrogen-bond acceptors (Lipinski definition) is 5. The lowest BCUT2D eigenvalue weighted by Gasteiger charge is -2.30. The minimum atomic E-state index is -3.74. The fourth-order valence-electron chi connectivity index (χ4n) is 5.27. The largest absolute Gasteiger partial charge is 0.361 e. The summed E-state index contributed by atoms with van der Waals surface area (Å²) in [7, 11) is -3.74. The van der Waals surface area contributed by atoms with E-state index in [1.165, 1.54) is 28.2 Å². The van der Waals surface area contributed by atoms with E-state index in [1.54, 1.807) is 23.7 Å². The molecule has 1 aliphatic carbocycles. The van der Waals surface area contributed by atoms with E-state index in [0.29, 0.717) is 6.54 Å². The molecule has 1 atom stereocenters. The summed E-state index contributed by atoms with van der Waals surface area (Å²) >= 11 is 0. The smallest absolute Gasteiger partial charge is 0.267 e. The fraction of sp³-hybridized carbons (Fsp3) is 0.207. The van der Waals surface area contributed by atoms with Crippen molar-refractivity contribution in [2.45, 2.75) is 36.7 Å². The predicted octanol–water partition coefficient (Wildman–Crippen LogP) is 4.07. The first kappa shape index (κ1) is 25.9. The van der Waals surface area contributed by atoms with Crippen LogP contribution in [-0.4, -0.2) is 36.0 Å². The highest BCUT2D eigenvalue weighted by atomic mass is 32.2. The number of amides is 1. The number of primary sulfonamides is 1. The van der Waals surface area contributed by atoms with Crippen molar-refractivity contribution in [3.05, 3.63) is 107 Å². The van der Waals surface area contributed by atoms with Crippen molar-refractivity contribution < 1.29 is 18.4 Å². The summed E-state index contributed by atoms with van der Waals surface area (Å²) in [5.74, 6) is -0.569. The molecule has 0 aliphatic heterocycles. The van der Waals surface area contributed by atoms with E-state index in [1.807, 2.05) is 30.3 Å². The Labute approximate surface area is 221 Å². The summed E-state index contributed by atoms with van der Waals surface area (Å²) in [6, 6.07) is 21.5. The van der Waals surface area contributed by atoms with E-state index >= 15 is 0 Å². The van der Waals surface area contributed by atoms with Gasteiger partial charge in [0.15, 0.2) is 0 Å². The molecule has 0 saturated heterocycles. The van der Waals surface area contributed by atoms with Crippen molar-refractivity contribution in [3.8, 4) is 0 Å². The van der Waals surface area contributed by atoms with Crippen LogP contribution < -0.4 is 10.6 Å². The monoisotopic (exact) mass is 530 g/mol. The topological polar surface area (TPSA) is 129 Å². The summed E-state index contributed by atoms with van der Waals surface area (Å²) in [5, 5.41) is 15.2. The van der Waals surface area contributed by atoms with Crippen LogP contribution in [0.2, 0.25) is 0 Å². The van der Waals surface area contributed by atoms with Crippen molar-refractivity contribution in [3.63, 3.8) is 0 Å². The highest BCUT2D eigenvalue weighted by molar-refractivity contribution is 7.89. The molecular weight excluding hydrogens is 500 g/mol. The molecule has 3 aromatic carbocycles. The Hall–Kier alpha value is -3.76. The number of nitrogens with zero attached hydrogens (tertiary/aromatic N) is 1. The molecule has 0 spiro atoms. The number of aryl methyl sites for hydroxylation is 1. The first-order chi connectivity index (χ1) is 18.3. The van der Waals surface area contributed by atoms with Crippen LogP contribution in [0.5, 0.6) is 0 Å². The fourth-order valence-corrected chi connectivity index (χ4v) is 5.79. The van der Waals surface area contributed by atoms with Gasteiger partial charge in [0, 0.05) is 42.3 Å². The number of H-pyrrole nitrogens is 1. The average molecular weight is 531 g/mol. The normalized spacial score (nSPS) is 15.4. The van der Waals surface area contributed by atoms with Crippen LogP contribution in [0.1, 0.15) is 40.3 Å². The molecular formula is C29H30N4O4S. The van der Waals surface area contributed by atoms with Gasteiger partial charge >= 0.3 is 0 Å². The number of hydroxylamine groups is 1. The number of nitrogens with one attached hydrogen (secondary N) is 2. The van der Waals surface area contributed by atoms with Crippen LogP contribution in [0, 0.1) is 0 Å². The maximum Gasteiger partial charge on any atom is 0.267 e. The Kier molecular flexibility index (Phi) is 7.44. The molecule has 1 amide bonds. The quantitative estimate of drug-likeness (QED) is 0.147. The molecule has 0 radical (unpaired) electrons. The van der Waals surface area contributed by atoms with Crippen molar-refractivity contribution in [1.82, 2.24) is 15.4 Å². The molecule has 4 aromatic rings. The second-order valence-corrected chi connectivity index (χ2v) is 11.2. The van der Waals surface area contributed by atoms with E-state index in [0.717, 1.165) is 42.5 Å². The number of fused-ring (bicyclic) bond motifs is 2. The first-order valence-electron chi connectivity index (χ1n) is 12.5. The standard InChI is InChI=1S/C29H30N4O4S/c30-38(36,37)24-10-5-21(6-11-24)19-33(16-15-23-18-31-27-4-2-1-3-25(23)27)28-13-9-22-17-20(7-12-26(22)28)8-14-29(34)32-35/h1-8,10-12,14,17-18,28,31,35H,9,13,15-16,19H2,(H,32,34)(H2,30,36,37)/b14-8+. The number of hydrogen-bond donors (Lipinski definition) is 4. The van der Waals surface area contributed by atoms with Crippen LogP contribution in [-0.2, 0) is 34.2 Å². The SMILES string of the molecule is NS(=O)(=O)c1ccc(CN(CCc2c[nH]c3ccccc23)C2CCc3cc(/C=C/C(=O)NO)ccc32)cc1. The number of rotatable bonds is 9. The average Bonchev–Trinajstić information content (AvgIpc) is 3.53. The van der Waals surface area contributed by atoms with Gasteiger partial charge in [0.1, 0.15) is 0 Å². The molecule has 1 aromatic heterocycles. The van der Waals surface area contributed by atoms with Gasteiger partial charge in [-0.05, 0) is 71.4 Å². The number of carbonyl (C=O) groups is 1. The van der Waals surface area contributed by atoms with E-state index < -0.39 is 15.9 Å². The number of carbonyl (C=O) groups excluding carboxylic acids is 1. The third kappa shape index (κ3) is 5.71. The highest BCUT2D eigenvalue weighted by Gasteiger charge is 2.28. The maximum atomic E-state index is 11.7. The van der Waals surface area contributed by atoms with Gasteiger partial charge in [0.25, 0.3) is 5.91 Å². The van der Waals surface area contributed by atoms with Gasteiger partial charge in [0.2, 0.25) is 10.0 Å². The Morgan fingerprint density at radius 1 is 1.13 bits per heavy atom.